The van der Waals surface area contributed by atoms with Gasteiger partial charge in [0.2, 0.25) is 5.91 Å². The lowest BCUT2D eigenvalue weighted by atomic mass is 10.1. The van der Waals surface area contributed by atoms with Crippen LogP contribution in [0.4, 0.5) is 5.69 Å². The summed E-state index contributed by atoms with van der Waals surface area (Å²) in [7, 11) is 0. The van der Waals surface area contributed by atoms with Crippen LogP contribution in [0.1, 0.15) is 32.1 Å². The highest BCUT2D eigenvalue weighted by Crippen LogP contribution is 2.13. The Morgan fingerprint density at radius 1 is 0.917 bits per heavy atom. The summed E-state index contributed by atoms with van der Waals surface area (Å²) in [5, 5.41) is 3.40. The molecule has 3 rings (SSSR count). The first-order chi connectivity index (χ1) is 11.3. The highest BCUT2D eigenvalue weighted by molar-refractivity contribution is 14.0. The number of anilines is 1. The quantitative estimate of drug-likeness (QED) is 0.445. The molecule has 6 heteroatoms. The largest absolute Gasteiger partial charge is 0.343 e. The minimum atomic E-state index is 0. The summed E-state index contributed by atoms with van der Waals surface area (Å²) in [6.07, 6.45) is 5.90. The molecule has 1 aromatic rings. The first-order valence-electron chi connectivity index (χ1n) is 8.72. The zero-order valence-corrected chi connectivity index (χ0v) is 16.4. The van der Waals surface area contributed by atoms with Crippen molar-refractivity contribution in [2.45, 2.75) is 32.1 Å². The van der Waals surface area contributed by atoms with Crippen LogP contribution >= 0.6 is 24.0 Å². The van der Waals surface area contributed by atoms with Gasteiger partial charge in [-0.3, -0.25) is 4.79 Å². The standard InChI is InChI=1S/C18H26N4O.HI/c23-17(21-11-7-8-12-21)15-19-18(22-13-5-2-6-14-22)20-16-9-3-1-4-10-16;/h1,3-4,9-10H,2,5-8,11-15H2,(H,19,20);1H. The maximum absolute atomic E-state index is 12.3. The van der Waals surface area contributed by atoms with Gasteiger partial charge in [-0.2, -0.15) is 0 Å². The molecule has 2 fully saturated rings. The van der Waals surface area contributed by atoms with Crippen molar-refractivity contribution >= 4 is 41.5 Å². The van der Waals surface area contributed by atoms with Crippen molar-refractivity contribution < 1.29 is 4.79 Å². The number of hydrogen-bond acceptors (Lipinski definition) is 2. The van der Waals surface area contributed by atoms with E-state index in [4.69, 9.17) is 0 Å². The van der Waals surface area contributed by atoms with Gasteiger partial charge in [0.15, 0.2) is 5.96 Å². The van der Waals surface area contributed by atoms with E-state index in [0.717, 1.165) is 50.7 Å². The van der Waals surface area contributed by atoms with Gasteiger partial charge in [-0.25, -0.2) is 4.99 Å². The number of piperidine rings is 1. The first-order valence-corrected chi connectivity index (χ1v) is 8.72. The number of likely N-dealkylation sites (tertiary alicyclic amines) is 2. The number of aliphatic imine (C=N–C) groups is 1. The van der Waals surface area contributed by atoms with E-state index in [1.165, 1.54) is 19.3 Å². The smallest absolute Gasteiger partial charge is 0.244 e. The van der Waals surface area contributed by atoms with Gasteiger partial charge < -0.3 is 15.1 Å². The molecule has 0 saturated carbocycles. The van der Waals surface area contributed by atoms with Crippen LogP contribution in [-0.4, -0.2) is 54.4 Å². The van der Waals surface area contributed by atoms with Crippen LogP contribution < -0.4 is 5.32 Å². The lowest BCUT2D eigenvalue weighted by Gasteiger charge is -2.30. The van der Waals surface area contributed by atoms with E-state index in [1.807, 2.05) is 35.2 Å². The molecule has 0 spiro atoms. The topological polar surface area (TPSA) is 47.9 Å². The van der Waals surface area contributed by atoms with Crippen LogP contribution in [0.2, 0.25) is 0 Å². The average Bonchev–Trinajstić information content (AvgIpc) is 3.15. The van der Waals surface area contributed by atoms with Gasteiger partial charge in [0, 0.05) is 31.9 Å². The van der Waals surface area contributed by atoms with Gasteiger partial charge in [0.05, 0.1) is 0 Å². The Labute approximate surface area is 161 Å². The second kappa shape index (κ2) is 9.86. The van der Waals surface area contributed by atoms with Crippen molar-refractivity contribution in [3.8, 4) is 0 Å². The van der Waals surface area contributed by atoms with Gasteiger partial charge in [0.25, 0.3) is 0 Å². The fraction of sp³-hybridized carbons (Fsp3) is 0.556. The van der Waals surface area contributed by atoms with E-state index in [1.54, 1.807) is 0 Å². The Morgan fingerprint density at radius 3 is 2.17 bits per heavy atom. The van der Waals surface area contributed by atoms with Gasteiger partial charge >= 0.3 is 0 Å². The van der Waals surface area contributed by atoms with Crippen LogP contribution in [0.3, 0.4) is 0 Å². The monoisotopic (exact) mass is 442 g/mol. The number of hydrogen-bond donors (Lipinski definition) is 1. The molecule has 2 aliphatic rings. The molecular weight excluding hydrogens is 415 g/mol. The molecular formula is C18H27IN4O. The molecule has 0 bridgehead atoms. The average molecular weight is 442 g/mol. The molecule has 2 aliphatic heterocycles. The predicted molar refractivity (Wildman–Crippen MR) is 109 cm³/mol. The summed E-state index contributed by atoms with van der Waals surface area (Å²) < 4.78 is 0. The predicted octanol–water partition coefficient (Wildman–Crippen LogP) is 3.18. The Kier molecular flexibility index (Phi) is 7.81. The van der Waals surface area contributed by atoms with Gasteiger partial charge in [-0.05, 0) is 44.2 Å². The number of rotatable bonds is 3. The Morgan fingerprint density at radius 2 is 1.50 bits per heavy atom. The highest BCUT2D eigenvalue weighted by Gasteiger charge is 2.19. The molecule has 0 atom stereocenters. The Hall–Kier alpha value is -1.31. The maximum Gasteiger partial charge on any atom is 0.244 e. The Bertz CT molecular complexity index is 537. The lowest BCUT2D eigenvalue weighted by molar-refractivity contribution is -0.128. The van der Waals surface area contributed by atoms with Crippen LogP contribution in [0, 0.1) is 0 Å². The molecule has 0 unspecified atom stereocenters. The van der Waals surface area contributed by atoms with E-state index in [0.29, 0.717) is 0 Å². The number of carbonyl (C=O) groups is 1. The number of guanidine groups is 1. The van der Waals surface area contributed by atoms with Crippen LogP contribution in [0.5, 0.6) is 0 Å². The second-order valence-corrected chi connectivity index (χ2v) is 6.27. The third-order valence-electron chi connectivity index (χ3n) is 4.51. The van der Waals surface area contributed by atoms with E-state index < -0.39 is 0 Å². The summed E-state index contributed by atoms with van der Waals surface area (Å²) in [5.74, 6) is 0.982. The zero-order chi connectivity index (χ0) is 15.9. The van der Waals surface area contributed by atoms with Crippen molar-refractivity contribution in [2.75, 3.05) is 38.0 Å². The number of amides is 1. The minimum Gasteiger partial charge on any atom is -0.343 e. The van der Waals surface area contributed by atoms with Crippen molar-refractivity contribution in [2.24, 2.45) is 4.99 Å². The van der Waals surface area contributed by atoms with Gasteiger partial charge in [-0.15, -0.1) is 24.0 Å². The first kappa shape index (κ1) is 19.0. The summed E-state index contributed by atoms with van der Waals surface area (Å²) in [5.41, 5.74) is 1.02. The Balaban J connectivity index is 0.00000208. The molecule has 1 aromatic carbocycles. The van der Waals surface area contributed by atoms with Gasteiger partial charge in [0.1, 0.15) is 6.54 Å². The zero-order valence-electron chi connectivity index (χ0n) is 14.1. The number of nitrogens with one attached hydrogen (secondary N) is 1. The van der Waals surface area contributed by atoms with E-state index in [2.05, 4.69) is 15.2 Å². The second-order valence-electron chi connectivity index (χ2n) is 6.27. The minimum absolute atomic E-state index is 0. The summed E-state index contributed by atoms with van der Waals surface area (Å²) >= 11 is 0. The van der Waals surface area contributed by atoms with Crippen molar-refractivity contribution in [3.05, 3.63) is 30.3 Å². The molecule has 0 aliphatic carbocycles. The van der Waals surface area contributed by atoms with Crippen molar-refractivity contribution in [1.82, 2.24) is 9.80 Å². The molecule has 1 amide bonds. The number of para-hydroxylation sites is 1. The fourth-order valence-corrected chi connectivity index (χ4v) is 3.18. The third kappa shape index (κ3) is 5.36. The summed E-state index contributed by atoms with van der Waals surface area (Å²) in [6.45, 7) is 4.04. The van der Waals surface area contributed by atoms with Crippen LogP contribution in [0.15, 0.2) is 35.3 Å². The van der Waals surface area contributed by atoms with E-state index in [9.17, 15) is 4.79 Å². The third-order valence-corrected chi connectivity index (χ3v) is 4.51. The molecule has 1 N–H and O–H groups in total. The molecule has 5 nitrogen and oxygen atoms in total. The van der Waals surface area contributed by atoms with E-state index in [-0.39, 0.29) is 36.4 Å². The summed E-state index contributed by atoms with van der Waals surface area (Å²) in [4.78, 5) is 21.1. The highest BCUT2D eigenvalue weighted by atomic mass is 127. The van der Waals surface area contributed by atoms with E-state index >= 15 is 0 Å². The fourth-order valence-electron chi connectivity index (χ4n) is 3.18. The number of halogens is 1. The summed E-state index contributed by atoms with van der Waals surface area (Å²) in [6, 6.07) is 10.1. The van der Waals surface area contributed by atoms with Crippen molar-refractivity contribution in [1.29, 1.82) is 0 Å². The molecule has 0 aromatic heterocycles. The number of carbonyl (C=O) groups excluding carboxylic acids is 1. The molecule has 132 valence electrons. The lowest BCUT2D eigenvalue weighted by Crippen LogP contribution is -2.41. The number of benzene rings is 1. The number of nitrogens with zero attached hydrogens (tertiary/aromatic N) is 3. The maximum atomic E-state index is 12.3. The van der Waals surface area contributed by atoms with Gasteiger partial charge in [-0.1, -0.05) is 18.2 Å². The molecule has 2 saturated heterocycles. The SMILES string of the molecule is I.O=C(CN=C(Nc1ccccc1)N1CCCCC1)N1CCCC1. The van der Waals surface area contributed by atoms with Crippen LogP contribution in [0.25, 0.3) is 0 Å². The molecule has 2 heterocycles. The van der Waals surface area contributed by atoms with Crippen LogP contribution in [-0.2, 0) is 4.79 Å². The normalized spacial score (nSPS) is 18.2. The molecule has 0 radical (unpaired) electrons. The van der Waals surface area contributed by atoms with Crippen molar-refractivity contribution in [3.63, 3.8) is 0 Å². The molecule has 24 heavy (non-hydrogen) atoms.